The highest BCUT2D eigenvalue weighted by Gasteiger charge is 2.32. The molecule has 0 bridgehead atoms. The van der Waals surface area contributed by atoms with Crippen molar-refractivity contribution < 1.29 is 8.78 Å². The highest BCUT2D eigenvalue weighted by atomic mass is 19.2. The van der Waals surface area contributed by atoms with Crippen LogP contribution in [-0.4, -0.2) is 19.0 Å². The van der Waals surface area contributed by atoms with Gasteiger partial charge in [0.1, 0.15) is 0 Å². The molecule has 1 aliphatic carbocycles. The summed E-state index contributed by atoms with van der Waals surface area (Å²) in [6, 6.07) is 12.8. The van der Waals surface area contributed by atoms with Gasteiger partial charge in [0, 0.05) is 12.0 Å². The van der Waals surface area contributed by atoms with Crippen LogP contribution in [0, 0.1) is 11.6 Å². The molecule has 1 aliphatic rings. The summed E-state index contributed by atoms with van der Waals surface area (Å²) in [5, 5.41) is 0. The molecular formula is C17H17F2N. The molecule has 0 saturated heterocycles. The van der Waals surface area contributed by atoms with Crippen molar-refractivity contribution in [3.8, 4) is 0 Å². The van der Waals surface area contributed by atoms with E-state index < -0.39 is 11.6 Å². The van der Waals surface area contributed by atoms with E-state index in [1.165, 1.54) is 23.3 Å². The Morgan fingerprint density at radius 2 is 1.65 bits per heavy atom. The van der Waals surface area contributed by atoms with Crippen molar-refractivity contribution in [2.45, 2.75) is 18.4 Å². The van der Waals surface area contributed by atoms with E-state index in [0.29, 0.717) is 6.04 Å². The van der Waals surface area contributed by atoms with E-state index in [-0.39, 0.29) is 5.92 Å². The van der Waals surface area contributed by atoms with Crippen LogP contribution in [-0.2, 0) is 0 Å². The lowest BCUT2D eigenvalue weighted by Crippen LogP contribution is -2.17. The van der Waals surface area contributed by atoms with Gasteiger partial charge in [-0.15, -0.1) is 0 Å². The van der Waals surface area contributed by atoms with Crippen LogP contribution in [0.2, 0.25) is 0 Å². The molecule has 1 nitrogen and oxygen atoms in total. The van der Waals surface area contributed by atoms with Crippen LogP contribution in [0.4, 0.5) is 8.78 Å². The number of hydrogen-bond acceptors (Lipinski definition) is 1. The summed E-state index contributed by atoms with van der Waals surface area (Å²) in [4.78, 5) is 2.18. The monoisotopic (exact) mass is 273 g/mol. The topological polar surface area (TPSA) is 3.24 Å². The smallest absolute Gasteiger partial charge is 0.159 e. The average Bonchev–Trinajstić information content (AvgIpc) is 2.82. The van der Waals surface area contributed by atoms with E-state index in [0.717, 1.165) is 12.0 Å². The van der Waals surface area contributed by atoms with Gasteiger partial charge in [0.2, 0.25) is 0 Å². The molecule has 0 aliphatic heterocycles. The van der Waals surface area contributed by atoms with Crippen molar-refractivity contribution in [1.82, 2.24) is 4.90 Å². The van der Waals surface area contributed by atoms with Gasteiger partial charge in [-0.25, -0.2) is 8.78 Å². The number of nitrogens with zero attached hydrogens (tertiary/aromatic N) is 1. The Bertz CT molecular complexity index is 637. The Labute approximate surface area is 117 Å². The summed E-state index contributed by atoms with van der Waals surface area (Å²) in [5.74, 6) is -1.42. The Kier molecular flexibility index (Phi) is 3.30. The number of halogens is 2. The first kappa shape index (κ1) is 13.3. The molecular weight excluding hydrogens is 256 g/mol. The van der Waals surface area contributed by atoms with E-state index in [9.17, 15) is 8.78 Å². The Hall–Kier alpha value is -1.74. The van der Waals surface area contributed by atoms with E-state index in [2.05, 4.69) is 31.1 Å². The van der Waals surface area contributed by atoms with Crippen LogP contribution >= 0.6 is 0 Å². The van der Waals surface area contributed by atoms with Gasteiger partial charge in [-0.05, 0) is 49.3 Å². The van der Waals surface area contributed by atoms with Crippen LogP contribution < -0.4 is 0 Å². The molecule has 0 heterocycles. The van der Waals surface area contributed by atoms with E-state index >= 15 is 0 Å². The molecule has 104 valence electrons. The molecule has 3 rings (SSSR count). The quantitative estimate of drug-likeness (QED) is 0.796. The third kappa shape index (κ3) is 2.12. The number of hydrogen-bond donors (Lipinski definition) is 0. The zero-order chi connectivity index (χ0) is 14.3. The molecule has 2 atom stereocenters. The first-order valence-electron chi connectivity index (χ1n) is 6.78. The van der Waals surface area contributed by atoms with Gasteiger partial charge in [0.15, 0.2) is 11.6 Å². The van der Waals surface area contributed by atoms with Gasteiger partial charge in [-0.1, -0.05) is 30.3 Å². The molecule has 2 aromatic rings. The highest BCUT2D eigenvalue weighted by molar-refractivity contribution is 5.44. The fraction of sp³-hybridized carbons (Fsp3) is 0.294. The first-order chi connectivity index (χ1) is 9.58. The fourth-order valence-corrected chi connectivity index (χ4v) is 3.14. The molecule has 0 unspecified atom stereocenters. The van der Waals surface area contributed by atoms with E-state index in [1.807, 2.05) is 12.1 Å². The molecule has 20 heavy (non-hydrogen) atoms. The summed E-state index contributed by atoms with van der Waals surface area (Å²) >= 11 is 0. The first-order valence-corrected chi connectivity index (χ1v) is 6.78. The summed E-state index contributed by atoms with van der Waals surface area (Å²) in [6.45, 7) is 0. The lowest BCUT2D eigenvalue weighted by Gasteiger charge is -2.20. The van der Waals surface area contributed by atoms with Crippen molar-refractivity contribution in [1.29, 1.82) is 0 Å². The van der Waals surface area contributed by atoms with Crippen molar-refractivity contribution in [2.75, 3.05) is 14.1 Å². The van der Waals surface area contributed by atoms with Gasteiger partial charge >= 0.3 is 0 Å². The zero-order valence-electron chi connectivity index (χ0n) is 11.6. The maximum Gasteiger partial charge on any atom is 0.159 e. The maximum atomic E-state index is 13.5. The second-order valence-electron chi connectivity index (χ2n) is 5.57. The largest absolute Gasteiger partial charge is 0.302 e. The average molecular weight is 273 g/mol. The Balaban J connectivity index is 2.05. The lowest BCUT2D eigenvalue weighted by atomic mass is 9.93. The maximum absolute atomic E-state index is 13.5. The second-order valence-corrected chi connectivity index (χ2v) is 5.57. The minimum Gasteiger partial charge on any atom is -0.302 e. The third-order valence-corrected chi connectivity index (χ3v) is 4.16. The summed E-state index contributed by atoms with van der Waals surface area (Å²) < 4.78 is 26.6. The van der Waals surface area contributed by atoms with Crippen LogP contribution in [0.25, 0.3) is 0 Å². The number of rotatable bonds is 2. The standard InChI is InChI=1S/C17H17F2N/c1-20(2)17-10-14(12-5-3-4-6-13(12)17)11-7-8-15(18)16(19)9-11/h3-9,14,17H,10H2,1-2H3/t14-,17+/m1/s1. The van der Waals surface area contributed by atoms with Crippen LogP contribution in [0.5, 0.6) is 0 Å². The van der Waals surface area contributed by atoms with Crippen molar-refractivity contribution in [3.05, 3.63) is 70.8 Å². The third-order valence-electron chi connectivity index (χ3n) is 4.16. The molecule has 0 amide bonds. The minimum atomic E-state index is -0.788. The molecule has 0 spiro atoms. The normalized spacial score (nSPS) is 21.2. The molecule has 0 fully saturated rings. The van der Waals surface area contributed by atoms with Crippen molar-refractivity contribution in [3.63, 3.8) is 0 Å². The molecule has 0 N–H and O–H groups in total. The molecule has 0 radical (unpaired) electrons. The SMILES string of the molecule is CN(C)[C@H]1C[C@H](c2ccc(F)c(F)c2)c2ccccc21. The van der Waals surface area contributed by atoms with Crippen LogP contribution in [0.15, 0.2) is 42.5 Å². The predicted molar refractivity (Wildman–Crippen MR) is 75.7 cm³/mol. The number of benzene rings is 2. The van der Waals surface area contributed by atoms with Crippen molar-refractivity contribution >= 4 is 0 Å². The van der Waals surface area contributed by atoms with Crippen LogP contribution in [0.1, 0.15) is 35.1 Å². The predicted octanol–water partition coefficient (Wildman–Crippen LogP) is 4.10. The Morgan fingerprint density at radius 1 is 0.950 bits per heavy atom. The zero-order valence-corrected chi connectivity index (χ0v) is 11.6. The van der Waals surface area contributed by atoms with Gasteiger partial charge < -0.3 is 4.90 Å². The fourth-order valence-electron chi connectivity index (χ4n) is 3.14. The van der Waals surface area contributed by atoms with Gasteiger partial charge in [-0.3, -0.25) is 0 Å². The van der Waals surface area contributed by atoms with E-state index in [4.69, 9.17) is 0 Å². The molecule has 2 aromatic carbocycles. The Morgan fingerprint density at radius 3 is 2.30 bits per heavy atom. The summed E-state index contributed by atoms with van der Waals surface area (Å²) in [7, 11) is 4.10. The van der Waals surface area contributed by atoms with Gasteiger partial charge in [-0.2, -0.15) is 0 Å². The second kappa shape index (κ2) is 4.98. The van der Waals surface area contributed by atoms with Crippen LogP contribution in [0.3, 0.4) is 0 Å². The minimum absolute atomic E-state index is 0.133. The molecule has 0 aromatic heterocycles. The summed E-state index contributed by atoms with van der Waals surface area (Å²) in [6.07, 6.45) is 0.900. The molecule has 0 saturated carbocycles. The van der Waals surface area contributed by atoms with Crippen molar-refractivity contribution in [2.24, 2.45) is 0 Å². The van der Waals surface area contributed by atoms with Gasteiger partial charge in [0.05, 0.1) is 0 Å². The highest BCUT2D eigenvalue weighted by Crippen LogP contribution is 2.45. The molecule has 3 heteroatoms. The number of fused-ring (bicyclic) bond motifs is 1. The van der Waals surface area contributed by atoms with Gasteiger partial charge in [0.25, 0.3) is 0 Å². The summed E-state index contributed by atoms with van der Waals surface area (Å²) in [5.41, 5.74) is 3.35. The lowest BCUT2D eigenvalue weighted by molar-refractivity contribution is 0.293. The van der Waals surface area contributed by atoms with E-state index in [1.54, 1.807) is 6.07 Å².